The molecule has 0 saturated heterocycles. The van der Waals surface area contributed by atoms with Crippen LogP contribution in [0.5, 0.6) is 0 Å². The monoisotopic (exact) mass is 244 g/mol. The van der Waals surface area contributed by atoms with Crippen molar-refractivity contribution in [1.82, 2.24) is 10.2 Å². The van der Waals surface area contributed by atoms with E-state index in [9.17, 15) is 9.59 Å². The van der Waals surface area contributed by atoms with E-state index in [0.717, 1.165) is 0 Å². The van der Waals surface area contributed by atoms with E-state index in [1.165, 1.54) is 11.3 Å². The Bertz CT molecular complexity index is 568. The van der Waals surface area contributed by atoms with Crippen LogP contribution in [0.25, 0.3) is 10.6 Å². The van der Waals surface area contributed by atoms with Crippen molar-refractivity contribution in [2.75, 3.05) is 0 Å². The molecule has 0 aromatic carbocycles. The van der Waals surface area contributed by atoms with Crippen molar-refractivity contribution < 1.29 is 9.90 Å². The van der Waals surface area contributed by atoms with E-state index in [2.05, 4.69) is 10.2 Å². The number of carboxylic acids is 1. The van der Waals surface area contributed by atoms with Crippen LogP contribution in [-0.4, -0.2) is 21.3 Å². The van der Waals surface area contributed by atoms with Gasteiger partial charge in [-0.2, -0.15) is 0 Å². The second kappa shape index (κ2) is 3.56. The Hall–Kier alpha value is -1.53. The summed E-state index contributed by atoms with van der Waals surface area (Å²) >= 11 is 6.92. The third-order valence-corrected chi connectivity index (χ3v) is 3.06. The van der Waals surface area contributed by atoms with E-state index in [0.29, 0.717) is 9.21 Å². The molecule has 0 aliphatic rings. The van der Waals surface area contributed by atoms with E-state index in [1.54, 1.807) is 12.1 Å². The zero-order valence-electron chi connectivity index (χ0n) is 7.20. The zero-order chi connectivity index (χ0) is 11.0. The van der Waals surface area contributed by atoms with Crippen molar-refractivity contribution in [3.05, 3.63) is 32.4 Å². The molecular formula is C8H5ClN2O3S. The van der Waals surface area contributed by atoms with Crippen molar-refractivity contribution in [3.8, 4) is 10.6 Å². The number of nitrogens with one attached hydrogen (secondary N) is 2. The van der Waals surface area contributed by atoms with Gasteiger partial charge in [-0.05, 0) is 12.1 Å². The molecule has 0 saturated carbocycles. The Morgan fingerprint density at radius 1 is 1.40 bits per heavy atom. The number of carboxylic acid groups (broad SMARTS) is 1. The van der Waals surface area contributed by atoms with E-state index in [1.807, 2.05) is 0 Å². The number of carbonyl (C=O) groups is 1. The maximum atomic E-state index is 11.2. The first-order chi connectivity index (χ1) is 7.09. The fourth-order valence-electron chi connectivity index (χ4n) is 1.20. The molecule has 15 heavy (non-hydrogen) atoms. The van der Waals surface area contributed by atoms with Gasteiger partial charge in [-0.1, -0.05) is 11.6 Å². The molecule has 0 atom stereocenters. The molecule has 0 bridgehead atoms. The van der Waals surface area contributed by atoms with Gasteiger partial charge in [0.2, 0.25) is 0 Å². The first-order valence-electron chi connectivity index (χ1n) is 3.89. The number of H-pyrrole nitrogens is 2. The molecule has 0 spiro atoms. The van der Waals surface area contributed by atoms with Crippen molar-refractivity contribution in [1.29, 1.82) is 0 Å². The molecule has 0 amide bonds. The molecule has 0 fully saturated rings. The number of aromatic amines is 2. The van der Waals surface area contributed by atoms with Crippen molar-refractivity contribution >= 4 is 28.9 Å². The van der Waals surface area contributed by atoms with Crippen LogP contribution in [0.4, 0.5) is 0 Å². The molecule has 0 unspecified atom stereocenters. The van der Waals surface area contributed by atoms with E-state index >= 15 is 0 Å². The molecule has 3 N–H and O–H groups in total. The van der Waals surface area contributed by atoms with Crippen LogP contribution in [0.1, 0.15) is 10.4 Å². The number of halogens is 1. The molecule has 2 rings (SSSR count). The minimum atomic E-state index is -1.27. The van der Waals surface area contributed by atoms with Crippen molar-refractivity contribution in [2.45, 2.75) is 0 Å². The van der Waals surface area contributed by atoms with Gasteiger partial charge in [0.25, 0.3) is 5.56 Å². The number of aromatic nitrogens is 2. The molecule has 78 valence electrons. The van der Waals surface area contributed by atoms with Gasteiger partial charge in [-0.3, -0.25) is 15.0 Å². The summed E-state index contributed by atoms with van der Waals surface area (Å²) in [7, 11) is 0. The van der Waals surface area contributed by atoms with E-state index in [-0.39, 0.29) is 11.3 Å². The lowest BCUT2D eigenvalue weighted by Gasteiger charge is -1.92. The lowest BCUT2D eigenvalue weighted by atomic mass is 10.2. The number of hydrogen-bond acceptors (Lipinski definition) is 3. The minimum Gasteiger partial charge on any atom is -0.477 e. The smallest absolute Gasteiger partial charge is 0.343 e. The topological polar surface area (TPSA) is 85.9 Å². The first kappa shape index (κ1) is 10.0. The molecule has 0 radical (unpaired) electrons. The summed E-state index contributed by atoms with van der Waals surface area (Å²) in [5.41, 5.74) is -0.695. The van der Waals surface area contributed by atoms with Gasteiger partial charge in [0.05, 0.1) is 14.9 Å². The highest BCUT2D eigenvalue weighted by atomic mass is 35.5. The third-order valence-electron chi connectivity index (χ3n) is 1.81. The second-order valence-corrected chi connectivity index (χ2v) is 4.45. The molecule has 2 heterocycles. The van der Waals surface area contributed by atoms with Gasteiger partial charge in [0.15, 0.2) is 5.56 Å². The van der Waals surface area contributed by atoms with Crippen LogP contribution in [0, 0.1) is 0 Å². The lowest BCUT2D eigenvalue weighted by Crippen LogP contribution is -2.11. The molecule has 0 aliphatic carbocycles. The Morgan fingerprint density at radius 3 is 2.67 bits per heavy atom. The van der Waals surface area contributed by atoms with Crippen molar-refractivity contribution in [3.63, 3.8) is 0 Å². The molecule has 2 aromatic rings. The van der Waals surface area contributed by atoms with Crippen LogP contribution in [-0.2, 0) is 0 Å². The molecule has 2 aromatic heterocycles. The fourth-order valence-corrected chi connectivity index (χ4v) is 2.25. The average Bonchev–Trinajstić information content (AvgIpc) is 2.71. The summed E-state index contributed by atoms with van der Waals surface area (Å²) in [6.07, 6.45) is 0. The zero-order valence-corrected chi connectivity index (χ0v) is 8.78. The van der Waals surface area contributed by atoms with Crippen LogP contribution in [0.3, 0.4) is 0 Å². The highest BCUT2D eigenvalue weighted by Gasteiger charge is 2.19. The molecule has 0 aliphatic heterocycles. The van der Waals surface area contributed by atoms with Gasteiger partial charge in [0, 0.05) is 0 Å². The summed E-state index contributed by atoms with van der Waals surface area (Å²) in [6, 6.07) is 3.29. The summed E-state index contributed by atoms with van der Waals surface area (Å²) in [6.45, 7) is 0. The Labute approximate surface area is 92.3 Å². The largest absolute Gasteiger partial charge is 0.477 e. The average molecular weight is 245 g/mol. The molecule has 5 nitrogen and oxygen atoms in total. The molecular weight excluding hydrogens is 240 g/mol. The number of aromatic carboxylic acids is 1. The second-order valence-electron chi connectivity index (χ2n) is 2.74. The number of hydrogen-bond donors (Lipinski definition) is 3. The quantitative estimate of drug-likeness (QED) is 0.753. The Morgan fingerprint density at radius 2 is 2.13 bits per heavy atom. The predicted octanol–water partition coefficient (Wildman–Crippen LogP) is 1.78. The van der Waals surface area contributed by atoms with Crippen molar-refractivity contribution in [2.24, 2.45) is 0 Å². The van der Waals surface area contributed by atoms with E-state index in [4.69, 9.17) is 16.7 Å². The number of thiophene rings is 1. The summed E-state index contributed by atoms with van der Waals surface area (Å²) < 4.78 is 0.531. The summed E-state index contributed by atoms with van der Waals surface area (Å²) in [5.74, 6) is -1.27. The normalized spacial score (nSPS) is 10.5. The standard InChI is InChI=1S/C8H5ClN2O3S/c9-4-2-1-3(15-4)6-5(8(13)14)7(12)11-10-6/h1-2H,(H,13,14)(H2,10,11,12). The maximum absolute atomic E-state index is 11.2. The summed E-state index contributed by atoms with van der Waals surface area (Å²) in [4.78, 5) is 22.6. The van der Waals surface area contributed by atoms with Crippen LogP contribution < -0.4 is 5.56 Å². The lowest BCUT2D eigenvalue weighted by molar-refractivity contribution is 0.0696. The highest BCUT2D eigenvalue weighted by Crippen LogP contribution is 2.30. The van der Waals surface area contributed by atoms with Gasteiger partial charge < -0.3 is 5.11 Å². The number of rotatable bonds is 2. The SMILES string of the molecule is O=C(O)c1c(-c2ccc(Cl)s2)[nH][nH]c1=O. The predicted molar refractivity (Wildman–Crippen MR) is 56.7 cm³/mol. The van der Waals surface area contributed by atoms with Crippen LogP contribution >= 0.6 is 22.9 Å². The van der Waals surface area contributed by atoms with Crippen LogP contribution in [0.15, 0.2) is 16.9 Å². The van der Waals surface area contributed by atoms with Gasteiger partial charge in [-0.25, -0.2) is 4.79 Å². The summed E-state index contributed by atoms with van der Waals surface area (Å²) in [5, 5.41) is 13.6. The Balaban J connectivity index is 2.63. The van der Waals surface area contributed by atoms with Gasteiger partial charge in [0.1, 0.15) is 0 Å². The van der Waals surface area contributed by atoms with E-state index < -0.39 is 11.5 Å². The third kappa shape index (κ3) is 1.69. The fraction of sp³-hybridized carbons (Fsp3) is 0. The van der Waals surface area contributed by atoms with Gasteiger partial charge >= 0.3 is 5.97 Å². The molecule has 7 heteroatoms. The Kier molecular flexibility index (Phi) is 2.37. The highest BCUT2D eigenvalue weighted by molar-refractivity contribution is 7.19. The van der Waals surface area contributed by atoms with Crippen LogP contribution in [0.2, 0.25) is 4.34 Å². The maximum Gasteiger partial charge on any atom is 0.343 e. The first-order valence-corrected chi connectivity index (χ1v) is 5.08. The van der Waals surface area contributed by atoms with Gasteiger partial charge in [-0.15, -0.1) is 11.3 Å². The minimum absolute atomic E-state index is 0.254.